The minimum absolute atomic E-state index is 0.0779. The molecule has 2 aromatic carbocycles. The van der Waals surface area contributed by atoms with E-state index in [-0.39, 0.29) is 15.5 Å². The minimum Gasteiger partial charge on any atom is -0.280 e. The molecule has 0 spiro atoms. The molecule has 0 unspecified atom stereocenters. The summed E-state index contributed by atoms with van der Waals surface area (Å²) >= 11 is 7.26. The first-order chi connectivity index (χ1) is 13.1. The predicted molar refractivity (Wildman–Crippen MR) is 113 cm³/mol. The molecule has 0 amide bonds. The van der Waals surface area contributed by atoms with Gasteiger partial charge in [0.1, 0.15) is 4.90 Å². The van der Waals surface area contributed by atoms with Crippen LogP contribution in [0.1, 0.15) is 9.75 Å². The SMILES string of the molecule is Cc1cc(S(=O)(=O)Nc2cccc(S(=O)(=O)Nc3cccc(Cl)c3)c2)c(C)s1. The van der Waals surface area contributed by atoms with E-state index in [4.69, 9.17) is 11.6 Å². The lowest BCUT2D eigenvalue weighted by atomic mass is 10.3. The first-order valence-electron chi connectivity index (χ1n) is 8.05. The molecule has 1 aromatic heterocycles. The molecule has 148 valence electrons. The zero-order valence-electron chi connectivity index (χ0n) is 14.9. The summed E-state index contributed by atoms with van der Waals surface area (Å²) in [7, 11) is -7.74. The van der Waals surface area contributed by atoms with Crippen molar-refractivity contribution in [1.82, 2.24) is 0 Å². The highest BCUT2D eigenvalue weighted by atomic mass is 35.5. The summed E-state index contributed by atoms with van der Waals surface area (Å²) in [5.41, 5.74) is 0.458. The van der Waals surface area contributed by atoms with E-state index in [2.05, 4.69) is 9.44 Å². The quantitative estimate of drug-likeness (QED) is 0.566. The standard InChI is InChI=1S/C18H17ClN2O4S3/c1-12-9-18(13(2)26-12)28(24,25)21-16-7-4-8-17(11-16)27(22,23)20-15-6-3-5-14(19)10-15/h3-11,20-21H,1-2H3. The van der Waals surface area contributed by atoms with E-state index >= 15 is 0 Å². The molecule has 28 heavy (non-hydrogen) atoms. The van der Waals surface area contributed by atoms with E-state index in [1.807, 2.05) is 6.92 Å². The summed E-state index contributed by atoms with van der Waals surface area (Å²) in [6.07, 6.45) is 0. The predicted octanol–water partition coefficient (Wildman–Crippen LogP) is 4.62. The zero-order valence-corrected chi connectivity index (χ0v) is 18.1. The smallest absolute Gasteiger partial charge is 0.262 e. The van der Waals surface area contributed by atoms with Gasteiger partial charge in [-0.2, -0.15) is 0 Å². The van der Waals surface area contributed by atoms with Gasteiger partial charge >= 0.3 is 0 Å². The molecule has 10 heteroatoms. The van der Waals surface area contributed by atoms with Gasteiger partial charge in [0, 0.05) is 14.8 Å². The third-order valence-corrected chi connectivity index (χ3v) is 7.98. The summed E-state index contributed by atoms with van der Waals surface area (Å²) in [4.78, 5) is 1.64. The second-order valence-corrected chi connectivity index (χ2v) is 11.3. The van der Waals surface area contributed by atoms with Crippen LogP contribution in [0.25, 0.3) is 0 Å². The minimum atomic E-state index is -3.92. The highest BCUT2D eigenvalue weighted by Gasteiger charge is 2.21. The van der Waals surface area contributed by atoms with Gasteiger partial charge in [-0.05, 0) is 56.3 Å². The number of thiophene rings is 1. The Morgan fingerprint density at radius 2 is 1.43 bits per heavy atom. The van der Waals surface area contributed by atoms with Crippen LogP contribution < -0.4 is 9.44 Å². The van der Waals surface area contributed by atoms with E-state index in [0.29, 0.717) is 15.6 Å². The molecule has 0 saturated carbocycles. The lowest BCUT2D eigenvalue weighted by Crippen LogP contribution is -2.15. The molecular weight excluding hydrogens is 440 g/mol. The van der Waals surface area contributed by atoms with Crippen LogP contribution in [0.15, 0.2) is 64.4 Å². The maximum Gasteiger partial charge on any atom is 0.262 e. The second-order valence-electron chi connectivity index (χ2n) is 6.03. The van der Waals surface area contributed by atoms with Gasteiger partial charge in [0.05, 0.1) is 16.3 Å². The molecule has 2 N–H and O–H groups in total. The van der Waals surface area contributed by atoms with Crippen molar-refractivity contribution in [3.63, 3.8) is 0 Å². The van der Waals surface area contributed by atoms with Crippen molar-refractivity contribution in [3.8, 4) is 0 Å². The van der Waals surface area contributed by atoms with Crippen LogP contribution in [0.4, 0.5) is 11.4 Å². The Morgan fingerprint density at radius 3 is 2.04 bits per heavy atom. The third kappa shape index (κ3) is 4.67. The lowest BCUT2D eigenvalue weighted by molar-refractivity contribution is 0.598. The molecule has 0 bridgehead atoms. The molecule has 0 saturated heterocycles. The Kier molecular flexibility index (Phi) is 5.72. The molecule has 0 aliphatic rings. The number of hydrogen-bond donors (Lipinski definition) is 2. The number of aryl methyl sites for hydroxylation is 2. The maximum absolute atomic E-state index is 12.6. The fourth-order valence-electron chi connectivity index (χ4n) is 2.58. The molecule has 6 nitrogen and oxygen atoms in total. The first kappa shape index (κ1) is 20.7. The Bertz CT molecular complexity index is 1240. The summed E-state index contributed by atoms with van der Waals surface area (Å²) in [5, 5.41) is 0.392. The fraction of sp³-hybridized carbons (Fsp3) is 0.111. The maximum atomic E-state index is 12.6. The van der Waals surface area contributed by atoms with E-state index in [0.717, 1.165) is 4.88 Å². The van der Waals surface area contributed by atoms with Gasteiger partial charge in [0.2, 0.25) is 0 Å². The van der Waals surface area contributed by atoms with Crippen LogP contribution in [-0.2, 0) is 20.0 Å². The Labute approximate surface area is 173 Å². The van der Waals surface area contributed by atoms with Crippen LogP contribution in [0.5, 0.6) is 0 Å². The van der Waals surface area contributed by atoms with Crippen LogP contribution in [0.2, 0.25) is 5.02 Å². The Balaban J connectivity index is 1.88. The van der Waals surface area contributed by atoms with Crippen LogP contribution in [0, 0.1) is 13.8 Å². The molecular formula is C18H17ClN2O4S3. The summed E-state index contributed by atoms with van der Waals surface area (Å²) in [5.74, 6) is 0. The number of rotatable bonds is 6. The molecule has 0 radical (unpaired) electrons. The Morgan fingerprint density at radius 1 is 0.821 bits per heavy atom. The topological polar surface area (TPSA) is 92.3 Å². The molecule has 3 rings (SSSR count). The van der Waals surface area contributed by atoms with Gasteiger partial charge in [0.15, 0.2) is 0 Å². The molecule has 3 aromatic rings. The largest absolute Gasteiger partial charge is 0.280 e. The van der Waals surface area contributed by atoms with Crippen molar-refractivity contribution in [1.29, 1.82) is 0 Å². The summed E-state index contributed by atoms with van der Waals surface area (Å²) < 4.78 is 55.4. The van der Waals surface area contributed by atoms with E-state index in [1.54, 1.807) is 31.2 Å². The zero-order chi connectivity index (χ0) is 20.5. The number of benzene rings is 2. The van der Waals surface area contributed by atoms with Crippen molar-refractivity contribution < 1.29 is 16.8 Å². The van der Waals surface area contributed by atoms with Gasteiger partial charge in [-0.15, -0.1) is 11.3 Å². The van der Waals surface area contributed by atoms with E-state index < -0.39 is 20.0 Å². The number of anilines is 2. The average molecular weight is 457 g/mol. The van der Waals surface area contributed by atoms with Crippen molar-refractivity contribution in [2.45, 2.75) is 23.6 Å². The second kappa shape index (κ2) is 7.75. The van der Waals surface area contributed by atoms with Gasteiger partial charge in [-0.3, -0.25) is 9.44 Å². The summed E-state index contributed by atoms with van der Waals surface area (Å²) in [6, 6.07) is 13.5. The number of hydrogen-bond acceptors (Lipinski definition) is 5. The highest BCUT2D eigenvalue weighted by Crippen LogP contribution is 2.28. The third-order valence-electron chi connectivity index (χ3n) is 3.76. The van der Waals surface area contributed by atoms with Gasteiger partial charge in [0.25, 0.3) is 20.0 Å². The van der Waals surface area contributed by atoms with Crippen molar-refractivity contribution in [2.24, 2.45) is 0 Å². The normalized spacial score (nSPS) is 12.0. The first-order valence-corrected chi connectivity index (χ1v) is 12.2. The number of halogens is 1. The van der Waals surface area contributed by atoms with Crippen molar-refractivity contribution in [3.05, 3.63) is 69.4 Å². The van der Waals surface area contributed by atoms with Crippen LogP contribution in [0.3, 0.4) is 0 Å². The van der Waals surface area contributed by atoms with Crippen molar-refractivity contribution >= 4 is 54.4 Å². The average Bonchev–Trinajstić information content (AvgIpc) is 2.94. The van der Waals surface area contributed by atoms with Gasteiger partial charge < -0.3 is 0 Å². The molecule has 1 heterocycles. The number of sulfonamides is 2. The number of nitrogens with one attached hydrogen (secondary N) is 2. The van der Waals surface area contributed by atoms with Crippen LogP contribution >= 0.6 is 22.9 Å². The van der Waals surface area contributed by atoms with Gasteiger partial charge in [-0.25, -0.2) is 16.8 Å². The van der Waals surface area contributed by atoms with Crippen molar-refractivity contribution in [2.75, 3.05) is 9.44 Å². The fourth-order valence-corrected chi connectivity index (χ4v) is 6.47. The molecule has 0 aliphatic carbocycles. The molecule has 0 atom stereocenters. The lowest BCUT2D eigenvalue weighted by Gasteiger charge is -2.11. The molecule has 0 fully saturated rings. The monoisotopic (exact) mass is 456 g/mol. The van der Waals surface area contributed by atoms with Crippen LogP contribution in [-0.4, -0.2) is 16.8 Å². The van der Waals surface area contributed by atoms with Gasteiger partial charge in [-0.1, -0.05) is 23.7 Å². The summed E-state index contributed by atoms with van der Waals surface area (Å²) in [6.45, 7) is 3.55. The highest BCUT2D eigenvalue weighted by molar-refractivity contribution is 7.93. The van der Waals surface area contributed by atoms with E-state index in [9.17, 15) is 16.8 Å². The molecule has 0 aliphatic heterocycles. The Hall–Kier alpha value is -2.07. The van der Waals surface area contributed by atoms with E-state index in [1.165, 1.54) is 41.7 Å².